The molecular formula is C18H29NO. The van der Waals surface area contributed by atoms with E-state index in [4.69, 9.17) is 4.74 Å². The maximum absolute atomic E-state index is 6.01. The average molecular weight is 275 g/mol. The Balaban J connectivity index is 2.32. The number of fused-ring (bicyclic) bond motifs is 1. The van der Waals surface area contributed by atoms with Crippen LogP contribution < -0.4 is 10.1 Å². The maximum atomic E-state index is 6.01. The first-order chi connectivity index (χ1) is 9.65. The van der Waals surface area contributed by atoms with E-state index in [-0.39, 0.29) is 0 Å². The molecular weight excluding hydrogens is 246 g/mol. The summed E-state index contributed by atoms with van der Waals surface area (Å²) in [5.41, 5.74) is 2.74. The molecule has 1 N–H and O–H groups in total. The molecule has 0 fully saturated rings. The fourth-order valence-electron chi connectivity index (χ4n) is 2.92. The molecule has 0 aliphatic carbocycles. The third kappa shape index (κ3) is 3.35. The van der Waals surface area contributed by atoms with Gasteiger partial charge in [-0.05, 0) is 43.2 Å². The summed E-state index contributed by atoms with van der Waals surface area (Å²) in [7, 11) is 0. The number of ether oxygens (including phenoxy) is 1. The monoisotopic (exact) mass is 275 g/mol. The smallest absolute Gasteiger partial charge is 0.127 e. The van der Waals surface area contributed by atoms with Crippen LogP contribution in [-0.2, 0) is 6.42 Å². The number of rotatable bonds is 6. The number of nitrogens with one attached hydrogen (secondary N) is 1. The Morgan fingerprint density at radius 2 is 2.05 bits per heavy atom. The number of para-hydroxylation sites is 1. The van der Waals surface area contributed by atoms with E-state index in [0.29, 0.717) is 17.9 Å². The first kappa shape index (κ1) is 15.4. The SMILES string of the molecule is CCCNC(c1cccc2c1OCCC2)C(C)C(C)C. The molecule has 0 bridgehead atoms. The second-order valence-electron chi connectivity index (χ2n) is 6.32. The molecule has 1 aliphatic rings. The van der Waals surface area contributed by atoms with Crippen LogP contribution >= 0.6 is 0 Å². The van der Waals surface area contributed by atoms with E-state index < -0.39 is 0 Å². The van der Waals surface area contributed by atoms with E-state index in [1.54, 1.807) is 0 Å². The number of hydrogen-bond acceptors (Lipinski definition) is 2. The first-order valence-corrected chi connectivity index (χ1v) is 8.13. The summed E-state index contributed by atoms with van der Waals surface area (Å²) in [6, 6.07) is 7.05. The van der Waals surface area contributed by atoms with Crippen molar-refractivity contribution in [3.63, 3.8) is 0 Å². The number of aryl methyl sites for hydroxylation is 1. The molecule has 2 unspecified atom stereocenters. The van der Waals surface area contributed by atoms with Gasteiger partial charge in [0.05, 0.1) is 6.61 Å². The molecule has 1 aromatic rings. The average Bonchev–Trinajstić information content (AvgIpc) is 2.47. The van der Waals surface area contributed by atoms with Crippen LogP contribution in [0.25, 0.3) is 0 Å². The van der Waals surface area contributed by atoms with Crippen molar-refractivity contribution in [2.75, 3.05) is 13.2 Å². The highest BCUT2D eigenvalue weighted by Crippen LogP contribution is 2.37. The minimum Gasteiger partial charge on any atom is -0.493 e. The van der Waals surface area contributed by atoms with Gasteiger partial charge in [0.25, 0.3) is 0 Å². The normalized spacial score (nSPS) is 17.4. The Kier molecular flexibility index (Phi) is 5.47. The van der Waals surface area contributed by atoms with Crippen LogP contribution in [0.3, 0.4) is 0 Å². The van der Waals surface area contributed by atoms with Crippen LogP contribution in [0, 0.1) is 11.8 Å². The van der Waals surface area contributed by atoms with Crippen molar-refractivity contribution < 1.29 is 4.74 Å². The molecule has 20 heavy (non-hydrogen) atoms. The Morgan fingerprint density at radius 3 is 2.75 bits per heavy atom. The van der Waals surface area contributed by atoms with Crippen LogP contribution in [0.2, 0.25) is 0 Å². The van der Waals surface area contributed by atoms with Crippen molar-refractivity contribution in [3.05, 3.63) is 29.3 Å². The highest BCUT2D eigenvalue weighted by molar-refractivity contribution is 5.44. The van der Waals surface area contributed by atoms with E-state index in [2.05, 4.69) is 51.2 Å². The second-order valence-corrected chi connectivity index (χ2v) is 6.32. The van der Waals surface area contributed by atoms with Gasteiger partial charge in [-0.2, -0.15) is 0 Å². The molecule has 112 valence electrons. The van der Waals surface area contributed by atoms with Crippen molar-refractivity contribution in [3.8, 4) is 5.75 Å². The Labute approximate surface area is 123 Å². The molecule has 0 spiro atoms. The second kappa shape index (κ2) is 7.12. The van der Waals surface area contributed by atoms with Gasteiger partial charge in [-0.3, -0.25) is 0 Å². The van der Waals surface area contributed by atoms with Gasteiger partial charge in [0.1, 0.15) is 5.75 Å². The molecule has 2 nitrogen and oxygen atoms in total. The van der Waals surface area contributed by atoms with Gasteiger partial charge in [-0.1, -0.05) is 45.9 Å². The lowest BCUT2D eigenvalue weighted by atomic mass is 9.84. The molecule has 1 heterocycles. The van der Waals surface area contributed by atoms with E-state index in [1.165, 1.54) is 11.1 Å². The topological polar surface area (TPSA) is 21.3 Å². The van der Waals surface area contributed by atoms with Crippen molar-refractivity contribution in [2.45, 2.75) is 53.0 Å². The maximum Gasteiger partial charge on any atom is 0.127 e. The van der Waals surface area contributed by atoms with Crippen LogP contribution in [0.15, 0.2) is 18.2 Å². The third-order valence-corrected chi connectivity index (χ3v) is 4.49. The van der Waals surface area contributed by atoms with Gasteiger partial charge in [-0.15, -0.1) is 0 Å². The third-order valence-electron chi connectivity index (χ3n) is 4.49. The van der Waals surface area contributed by atoms with Crippen molar-refractivity contribution >= 4 is 0 Å². The first-order valence-electron chi connectivity index (χ1n) is 8.13. The summed E-state index contributed by atoms with van der Waals surface area (Å²) in [5.74, 6) is 2.40. The molecule has 0 amide bonds. The van der Waals surface area contributed by atoms with Crippen LogP contribution in [0.5, 0.6) is 5.75 Å². The highest BCUT2D eigenvalue weighted by atomic mass is 16.5. The Hall–Kier alpha value is -1.02. The Morgan fingerprint density at radius 1 is 1.25 bits per heavy atom. The lowest BCUT2D eigenvalue weighted by Crippen LogP contribution is -2.31. The Bertz CT molecular complexity index is 427. The molecule has 2 heteroatoms. The number of hydrogen-bond donors (Lipinski definition) is 1. The van der Waals surface area contributed by atoms with Crippen LogP contribution in [-0.4, -0.2) is 13.2 Å². The summed E-state index contributed by atoms with van der Waals surface area (Å²) in [4.78, 5) is 0. The van der Waals surface area contributed by atoms with Gasteiger partial charge in [0, 0.05) is 11.6 Å². The molecule has 0 aromatic heterocycles. The minimum atomic E-state index is 0.392. The summed E-state index contributed by atoms with van der Waals surface area (Å²) in [6.07, 6.45) is 3.46. The van der Waals surface area contributed by atoms with Crippen molar-refractivity contribution in [1.82, 2.24) is 5.32 Å². The van der Waals surface area contributed by atoms with E-state index in [0.717, 1.165) is 38.2 Å². The standard InChI is InChI=1S/C18H29NO/c1-5-11-19-17(14(4)13(2)3)16-10-6-8-15-9-7-12-20-18(15)16/h6,8,10,13-14,17,19H,5,7,9,11-12H2,1-4H3. The summed E-state index contributed by atoms with van der Waals surface area (Å²) >= 11 is 0. The van der Waals surface area contributed by atoms with E-state index in [9.17, 15) is 0 Å². The molecule has 0 saturated carbocycles. The highest BCUT2D eigenvalue weighted by Gasteiger charge is 2.26. The predicted molar refractivity (Wildman–Crippen MR) is 85.3 cm³/mol. The van der Waals surface area contributed by atoms with E-state index >= 15 is 0 Å². The van der Waals surface area contributed by atoms with Gasteiger partial charge in [-0.25, -0.2) is 0 Å². The fourth-order valence-corrected chi connectivity index (χ4v) is 2.92. The summed E-state index contributed by atoms with van der Waals surface area (Å²) in [5, 5.41) is 3.74. The van der Waals surface area contributed by atoms with Gasteiger partial charge in [0.15, 0.2) is 0 Å². The van der Waals surface area contributed by atoms with Gasteiger partial charge in [0.2, 0.25) is 0 Å². The summed E-state index contributed by atoms with van der Waals surface area (Å²) < 4.78 is 6.01. The molecule has 0 radical (unpaired) electrons. The molecule has 2 atom stereocenters. The van der Waals surface area contributed by atoms with E-state index in [1.807, 2.05) is 0 Å². The van der Waals surface area contributed by atoms with Crippen LogP contribution in [0.1, 0.15) is 57.7 Å². The van der Waals surface area contributed by atoms with Gasteiger partial charge < -0.3 is 10.1 Å². The largest absolute Gasteiger partial charge is 0.493 e. The zero-order valence-electron chi connectivity index (χ0n) is 13.4. The van der Waals surface area contributed by atoms with Crippen molar-refractivity contribution in [1.29, 1.82) is 0 Å². The number of benzene rings is 1. The lowest BCUT2D eigenvalue weighted by Gasteiger charge is -2.31. The minimum absolute atomic E-state index is 0.392. The fraction of sp³-hybridized carbons (Fsp3) is 0.667. The molecule has 1 aliphatic heterocycles. The predicted octanol–water partition coefficient (Wildman–Crippen LogP) is 4.34. The molecule has 2 rings (SSSR count). The van der Waals surface area contributed by atoms with Gasteiger partial charge >= 0.3 is 0 Å². The van der Waals surface area contributed by atoms with Crippen LogP contribution in [0.4, 0.5) is 0 Å². The quantitative estimate of drug-likeness (QED) is 0.833. The zero-order valence-corrected chi connectivity index (χ0v) is 13.4. The zero-order chi connectivity index (χ0) is 14.5. The molecule has 1 aromatic carbocycles. The lowest BCUT2D eigenvalue weighted by molar-refractivity contribution is 0.262. The van der Waals surface area contributed by atoms with Crippen molar-refractivity contribution in [2.24, 2.45) is 11.8 Å². The molecule has 0 saturated heterocycles. The summed E-state index contributed by atoms with van der Waals surface area (Å²) in [6.45, 7) is 11.1.